The normalized spacial score (nSPS) is 14.2. The van der Waals surface area contributed by atoms with Crippen molar-refractivity contribution in [3.63, 3.8) is 0 Å². The number of hydrogen-bond acceptors (Lipinski definition) is 7. The molecule has 1 aliphatic heterocycles. The van der Waals surface area contributed by atoms with Gasteiger partial charge in [0.15, 0.2) is 0 Å². The van der Waals surface area contributed by atoms with Crippen molar-refractivity contribution in [2.24, 2.45) is 0 Å². The molecule has 0 spiro atoms. The minimum Gasteiger partial charge on any atom is -0.481 e. The highest BCUT2D eigenvalue weighted by Crippen LogP contribution is 2.30. The van der Waals surface area contributed by atoms with E-state index in [2.05, 4.69) is 15.5 Å². The summed E-state index contributed by atoms with van der Waals surface area (Å²) in [5.41, 5.74) is 2.85. The number of carbonyl (C=O) groups is 4. The van der Waals surface area contributed by atoms with Gasteiger partial charge >= 0.3 is 12.1 Å². The number of aliphatic carboxylic acids is 1. The molecule has 1 aromatic heterocycles. The molecule has 3 N–H and O–H groups in total. The fourth-order valence-corrected chi connectivity index (χ4v) is 5.41. The van der Waals surface area contributed by atoms with Gasteiger partial charge in [-0.05, 0) is 55.1 Å². The van der Waals surface area contributed by atoms with E-state index < -0.39 is 17.9 Å². The summed E-state index contributed by atoms with van der Waals surface area (Å²) in [6, 6.07) is 15.1. The number of carbonyl (C=O) groups excluding carboxylic acids is 3. The Bertz CT molecular complexity index is 1380. The second kappa shape index (κ2) is 13.1. The average Bonchev–Trinajstić information content (AvgIpc) is 3.37. The zero-order valence-electron chi connectivity index (χ0n) is 22.4. The van der Waals surface area contributed by atoms with E-state index >= 15 is 0 Å². The van der Waals surface area contributed by atoms with Crippen molar-refractivity contribution in [2.75, 3.05) is 43.5 Å². The molecule has 11 heteroatoms. The number of amides is 3. The molecule has 0 bridgehead atoms. The molecule has 0 aliphatic carbocycles. The zero-order chi connectivity index (χ0) is 28.6. The highest BCUT2D eigenvalue weighted by molar-refractivity contribution is 7.10. The molecule has 0 saturated carbocycles. The summed E-state index contributed by atoms with van der Waals surface area (Å²) in [6.45, 7) is 4.03. The van der Waals surface area contributed by atoms with E-state index in [4.69, 9.17) is 4.74 Å². The molecule has 0 radical (unpaired) electrons. The van der Waals surface area contributed by atoms with Crippen LogP contribution in [0.15, 0.2) is 60.0 Å². The molecule has 4 rings (SSSR count). The number of aryl methyl sites for hydroxylation is 1. The van der Waals surface area contributed by atoms with Crippen molar-refractivity contribution >= 4 is 46.6 Å². The Morgan fingerprint density at radius 1 is 0.975 bits per heavy atom. The van der Waals surface area contributed by atoms with E-state index in [1.165, 1.54) is 18.4 Å². The number of benzene rings is 2. The maximum atomic E-state index is 13.3. The summed E-state index contributed by atoms with van der Waals surface area (Å²) >= 11 is 1.37. The number of nitrogens with one attached hydrogen (secondary N) is 2. The number of carboxylic acid groups (broad SMARTS) is 1. The van der Waals surface area contributed by atoms with Crippen molar-refractivity contribution in [3.05, 3.63) is 81.5 Å². The second-order valence-electron chi connectivity index (χ2n) is 9.49. The van der Waals surface area contributed by atoms with Crippen LogP contribution in [0.5, 0.6) is 0 Å². The van der Waals surface area contributed by atoms with E-state index in [1.807, 2.05) is 18.4 Å². The summed E-state index contributed by atoms with van der Waals surface area (Å²) in [7, 11) is 1.35. The van der Waals surface area contributed by atoms with Crippen LogP contribution in [-0.2, 0) is 9.53 Å². The van der Waals surface area contributed by atoms with Gasteiger partial charge in [0.25, 0.3) is 11.8 Å². The summed E-state index contributed by atoms with van der Waals surface area (Å²) in [6.07, 6.45) is 0.0509. The van der Waals surface area contributed by atoms with Gasteiger partial charge in [-0.2, -0.15) is 0 Å². The minimum absolute atomic E-state index is 0.258. The standard InChI is InChI=1S/C29H32N4O6S/c1-19-6-3-7-20(16-19)27(36)30-22-17-21(28(37)31-23(18-26(34)35)25-8-4-15-40-25)9-10-24(22)32-11-5-12-33(14-13-32)29(38)39-2/h3-4,6-10,15-17,23H,5,11-14,18H2,1-2H3,(H,30,36)(H,31,37)(H,34,35). The number of rotatable bonds is 8. The van der Waals surface area contributed by atoms with Crippen molar-refractivity contribution in [3.8, 4) is 0 Å². The lowest BCUT2D eigenvalue weighted by atomic mass is 10.1. The number of methoxy groups -OCH3 is 1. The third-order valence-corrected chi connectivity index (χ3v) is 7.61. The first-order valence-electron chi connectivity index (χ1n) is 12.9. The van der Waals surface area contributed by atoms with Crippen LogP contribution in [0.3, 0.4) is 0 Å². The van der Waals surface area contributed by atoms with Gasteiger partial charge < -0.3 is 30.3 Å². The number of carboxylic acids is 1. The highest BCUT2D eigenvalue weighted by atomic mass is 32.1. The summed E-state index contributed by atoms with van der Waals surface area (Å²) in [5.74, 6) is -1.80. The Morgan fingerprint density at radius 2 is 1.77 bits per heavy atom. The lowest BCUT2D eigenvalue weighted by Crippen LogP contribution is -2.35. The quantitative estimate of drug-likeness (QED) is 0.367. The fourth-order valence-electron chi connectivity index (χ4n) is 4.63. The van der Waals surface area contributed by atoms with E-state index in [9.17, 15) is 24.3 Å². The summed E-state index contributed by atoms with van der Waals surface area (Å²) in [4.78, 5) is 54.5. The van der Waals surface area contributed by atoms with E-state index in [0.29, 0.717) is 49.5 Å². The van der Waals surface area contributed by atoms with E-state index in [0.717, 1.165) is 10.4 Å². The van der Waals surface area contributed by atoms with Crippen molar-refractivity contribution < 1.29 is 29.0 Å². The van der Waals surface area contributed by atoms with Crippen LogP contribution in [0.4, 0.5) is 16.2 Å². The first kappa shape index (κ1) is 28.6. The van der Waals surface area contributed by atoms with Gasteiger partial charge in [0, 0.05) is 42.2 Å². The maximum Gasteiger partial charge on any atom is 0.409 e. The average molecular weight is 565 g/mol. The van der Waals surface area contributed by atoms with Gasteiger partial charge in [-0.1, -0.05) is 23.8 Å². The molecular weight excluding hydrogens is 532 g/mol. The lowest BCUT2D eigenvalue weighted by Gasteiger charge is -2.26. The van der Waals surface area contributed by atoms with Gasteiger partial charge in [0.1, 0.15) is 0 Å². The third-order valence-electron chi connectivity index (χ3n) is 6.63. The Hall–Kier alpha value is -4.38. The Labute approximate surface area is 236 Å². The van der Waals surface area contributed by atoms with Crippen molar-refractivity contribution in [2.45, 2.75) is 25.8 Å². The molecule has 1 fully saturated rings. The van der Waals surface area contributed by atoms with Crippen LogP contribution in [0.1, 0.15) is 50.0 Å². The van der Waals surface area contributed by atoms with Crippen LogP contribution in [0, 0.1) is 6.92 Å². The van der Waals surface area contributed by atoms with E-state index in [-0.39, 0.29) is 24.0 Å². The van der Waals surface area contributed by atoms with Crippen LogP contribution in [-0.4, -0.2) is 67.2 Å². The first-order chi connectivity index (χ1) is 19.2. The monoisotopic (exact) mass is 564 g/mol. The molecule has 10 nitrogen and oxygen atoms in total. The van der Waals surface area contributed by atoms with Gasteiger partial charge in [-0.3, -0.25) is 14.4 Å². The number of ether oxygens (including phenoxy) is 1. The van der Waals surface area contributed by atoms with Crippen LogP contribution in [0.2, 0.25) is 0 Å². The van der Waals surface area contributed by atoms with Crippen LogP contribution < -0.4 is 15.5 Å². The molecule has 2 aromatic carbocycles. The minimum atomic E-state index is -1.03. The van der Waals surface area contributed by atoms with Crippen LogP contribution in [0.25, 0.3) is 0 Å². The Morgan fingerprint density at radius 3 is 2.48 bits per heavy atom. The number of anilines is 2. The predicted octanol–water partition coefficient (Wildman–Crippen LogP) is 4.53. The van der Waals surface area contributed by atoms with Gasteiger partial charge in [0.05, 0.1) is 30.9 Å². The largest absolute Gasteiger partial charge is 0.481 e. The molecule has 3 amide bonds. The molecule has 1 atom stereocenters. The Kier molecular flexibility index (Phi) is 9.39. The molecule has 40 heavy (non-hydrogen) atoms. The van der Waals surface area contributed by atoms with Crippen LogP contribution >= 0.6 is 11.3 Å². The van der Waals surface area contributed by atoms with E-state index in [1.54, 1.807) is 53.4 Å². The highest BCUT2D eigenvalue weighted by Gasteiger charge is 2.24. The van der Waals surface area contributed by atoms with Gasteiger partial charge in [-0.15, -0.1) is 11.3 Å². The van der Waals surface area contributed by atoms with Gasteiger partial charge in [0.2, 0.25) is 0 Å². The smallest absolute Gasteiger partial charge is 0.409 e. The summed E-state index contributed by atoms with van der Waals surface area (Å²) in [5, 5.41) is 17.0. The van der Waals surface area contributed by atoms with Gasteiger partial charge in [-0.25, -0.2) is 4.79 Å². The van der Waals surface area contributed by atoms with Crippen molar-refractivity contribution in [1.29, 1.82) is 0 Å². The topological polar surface area (TPSA) is 128 Å². The number of hydrogen-bond donors (Lipinski definition) is 3. The zero-order valence-corrected chi connectivity index (χ0v) is 23.2. The number of thiophene rings is 1. The Balaban J connectivity index is 1.63. The molecule has 2 heterocycles. The second-order valence-corrected chi connectivity index (χ2v) is 10.5. The molecule has 3 aromatic rings. The maximum absolute atomic E-state index is 13.3. The number of nitrogens with zero attached hydrogens (tertiary/aromatic N) is 2. The molecule has 1 aliphatic rings. The lowest BCUT2D eigenvalue weighted by molar-refractivity contribution is -0.137. The fraction of sp³-hybridized carbons (Fsp3) is 0.310. The molecule has 1 saturated heterocycles. The molecule has 210 valence electrons. The predicted molar refractivity (Wildman–Crippen MR) is 153 cm³/mol. The first-order valence-corrected chi connectivity index (χ1v) is 13.8. The molecule has 1 unspecified atom stereocenters. The van der Waals surface area contributed by atoms with Crippen molar-refractivity contribution in [1.82, 2.24) is 10.2 Å². The third kappa shape index (κ3) is 7.17. The SMILES string of the molecule is COC(=O)N1CCCN(c2ccc(C(=O)NC(CC(=O)O)c3cccs3)cc2NC(=O)c2cccc(C)c2)CC1. The summed E-state index contributed by atoms with van der Waals surface area (Å²) < 4.78 is 4.88. The molecular formula is C29H32N4O6S.